The molecule has 1 aromatic heterocycles. The predicted octanol–water partition coefficient (Wildman–Crippen LogP) is 1.77. The molecular weight excluding hydrogens is 384 g/mol. The van der Waals surface area contributed by atoms with Crippen LogP contribution in [0.1, 0.15) is 40.7 Å². The SMILES string of the molecule is COCCNC(=O)C1CCN(C(=O)c2ncn3c2CO[C@H](c2ccccc2)C3)CC1. The predicted molar refractivity (Wildman–Crippen MR) is 110 cm³/mol. The molecule has 2 aliphatic heterocycles. The molecule has 30 heavy (non-hydrogen) atoms. The van der Waals surface area contributed by atoms with Gasteiger partial charge in [0.2, 0.25) is 5.91 Å². The average Bonchev–Trinajstić information content (AvgIpc) is 3.22. The molecule has 2 aliphatic rings. The number of fused-ring (bicyclic) bond motifs is 1. The van der Waals surface area contributed by atoms with E-state index in [1.54, 1.807) is 18.3 Å². The lowest BCUT2D eigenvalue weighted by molar-refractivity contribution is -0.126. The topological polar surface area (TPSA) is 85.7 Å². The van der Waals surface area contributed by atoms with Gasteiger partial charge >= 0.3 is 0 Å². The van der Waals surface area contributed by atoms with Crippen molar-refractivity contribution in [2.24, 2.45) is 5.92 Å². The molecule has 0 bridgehead atoms. The van der Waals surface area contributed by atoms with E-state index in [2.05, 4.69) is 10.3 Å². The van der Waals surface area contributed by atoms with E-state index in [-0.39, 0.29) is 23.8 Å². The van der Waals surface area contributed by atoms with Gasteiger partial charge in [-0.05, 0) is 18.4 Å². The summed E-state index contributed by atoms with van der Waals surface area (Å²) in [7, 11) is 1.61. The summed E-state index contributed by atoms with van der Waals surface area (Å²) < 4.78 is 13.0. The van der Waals surface area contributed by atoms with Gasteiger partial charge in [-0.3, -0.25) is 9.59 Å². The first kappa shape index (κ1) is 20.6. The van der Waals surface area contributed by atoms with Crippen molar-refractivity contribution in [2.75, 3.05) is 33.4 Å². The fourth-order valence-electron chi connectivity index (χ4n) is 4.09. The van der Waals surface area contributed by atoms with Gasteiger partial charge in [-0.1, -0.05) is 30.3 Å². The first-order chi connectivity index (χ1) is 14.7. The Morgan fingerprint density at radius 3 is 2.73 bits per heavy atom. The monoisotopic (exact) mass is 412 g/mol. The third-order valence-electron chi connectivity index (χ3n) is 5.86. The van der Waals surface area contributed by atoms with Crippen molar-refractivity contribution in [1.82, 2.24) is 19.8 Å². The molecule has 0 radical (unpaired) electrons. The highest BCUT2D eigenvalue weighted by Crippen LogP contribution is 2.28. The quantitative estimate of drug-likeness (QED) is 0.731. The van der Waals surface area contributed by atoms with Gasteiger partial charge in [0.25, 0.3) is 5.91 Å². The van der Waals surface area contributed by atoms with Crippen molar-refractivity contribution in [3.63, 3.8) is 0 Å². The normalized spacial score (nSPS) is 19.4. The minimum Gasteiger partial charge on any atom is -0.383 e. The number of piperidine rings is 1. The molecule has 1 N–H and O–H groups in total. The summed E-state index contributed by atoms with van der Waals surface area (Å²) in [4.78, 5) is 31.5. The van der Waals surface area contributed by atoms with E-state index in [4.69, 9.17) is 9.47 Å². The lowest BCUT2D eigenvalue weighted by atomic mass is 9.95. The number of nitrogens with zero attached hydrogens (tertiary/aromatic N) is 3. The zero-order valence-electron chi connectivity index (χ0n) is 17.3. The number of amides is 2. The van der Waals surface area contributed by atoms with E-state index in [9.17, 15) is 9.59 Å². The Morgan fingerprint density at radius 1 is 1.23 bits per heavy atom. The molecule has 0 aliphatic carbocycles. The Balaban J connectivity index is 1.35. The van der Waals surface area contributed by atoms with Crippen LogP contribution in [0.25, 0.3) is 0 Å². The van der Waals surface area contributed by atoms with Crippen LogP contribution in [0.15, 0.2) is 36.7 Å². The molecule has 1 saturated heterocycles. The van der Waals surface area contributed by atoms with Gasteiger partial charge < -0.3 is 24.3 Å². The smallest absolute Gasteiger partial charge is 0.274 e. The van der Waals surface area contributed by atoms with Crippen LogP contribution in [0, 0.1) is 5.92 Å². The van der Waals surface area contributed by atoms with Gasteiger partial charge in [-0.2, -0.15) is 0 Å². The molecule has 2 aromatic rings. The molecule has 1 aromatic carbocycles. The van der Waals surface area contributed by atoms with Crippen molar-refractivity contribution >= 4 is 11.8 Å². The fourth-order valence-corrected chi connectivity index (χ4v) is 4.09. The third-order valence-corrected chi connectivity index (χ3v) is 5.86. The Hall–Kier alpha value is -2.71. The lowest BCUT2D eigenvalue weighted by Gasteiger charge is -2.31. The highest BCUT2D eigenvalue weighted by Gasteiger charge is 2.32. The number of carbonyl (C=O) groups excluding carboxylic acids is 2. The van der Waals surface area contributed by atoms with Crippen LogP contribution < -0.4 is 5.32 Å². The zero-order chi connectivity index (χ0) is 20.9. The number of imidazole rings is 1. The Labute approximate surface area is 176 Å². The first-order valence-corrected chi connectivity index (χ1v) is 10.4. The highest BCUT2D eigenvalue weighted by molar-refractivity contribution is 5.93. The Kier molecular flexibility index (Phi) is 6.44. The van der Waals surface area contributed by atoms with Gasteiger partial charge in [-0.25, -0.2) is 4.98 Å². The van der Waals surface area contributed by atoms with Gasteiger partial charge in [-0.15, -0.1) is 0 Å². The molecule has 0 saturated carbocycles. The maximum Gasteiger partial charge on any atom is 0.274 e. The number of likely N-dealkylation sites (tertiary alicyclic amines) is 1. The van der Waals surface area contributed by atoms with Gasteiger partial charge in [0.05, 0.1) is 31.8 Å². The van der Waals surface area contributed by atoms with Crippen LogP contribution in [0.4, 0.5) is 0 Å². The number of aromatic nitrogens is 2. The number of benzene rings is 1. The molecule has 4 rings (SSSR count). The maximum absolute atomic E-state index is 13.0. The van der Waals surface area contributed by atoms with Crippen LogP contribution in [-0.2, 0) is 27.4 Å². The van der Waals surface area contributed by atoms with E-state index in [0.29, 0.717) is 57.9 Å². The highest BCUT2D eigenvalue weighted by atomic mass is 16.5. The second-order valence-corrected chi connectivity index (χ2v) is 7.75. The summed E-state index contributed by atoms with van der Waals surface area (Å²) in [5.74, 6) is -0.0978. The summed E-state index contributed by atoms with van der Waals surface area (Å²) in [5, 5.41) is 2.88. The van der Waals surface area contributed by atoms with E-state index in [0.717, 1.165) is 11.3 Å². The number of rotatable bonds is 6. The Morgan fingerprint density at radius 2 is 2.00 bits per heavy atom. The number of carbonyl (C=O) groups is 2. The van der Waals surface area contributed by atoms with Gasteiger partial charge in [0.15, 0.2) is 5.69 Å². The molecule has 2 amide bonds. The summed E-state index contributed by atoms with van der Waals surface area (Å²) in [5.41, 5.74) is 2.41. The van der Waals surface area contributed by atoms with Crippen molar-refractivity contribution < 1.29 is 19.1 Å². The summed E-state index contributed by atoms with van der Waals surface area (Å²) in [6.45, 7) is 3.13. The number of ether oxygens (including phenoxy) is 2. The molecule has 160 valence electrons. The van der Waals surface area contributed by atoms with Crippen LogP contribution >= 0.6 is 0 Å². The van der Waals surface area contributed by atoms with Crippen molar-refractivity contribution in [3.05, 3.63) is 53.6 Å². The van der Waals surface area contributed by atoms with Gasteiger partial charge in [0.1, 0.15) is 6.10 Å². The molecule has 1 atom stereocenters. The number of hydrogen-bond donors (Lipinski definition) is 1. The van der Waals surface area contributed by atoms with E-state index < -0.39 is 0 Å². The van der Waals surface area contributed by atoms with Crippen LogP contribution in [0.2, 0.25) is 0 Å². The van der Waals surface area contributed by atoms with Gasteiger partial charge in [0, 0.05) is 32.7 Å². The molecule has 3 heterocycles. The minimum atomic E-state index is -0.0799. The molecule has 0 spiro atoms. The largest absolute Gasteiger partial charge is 0.383 e. The van der Waals surface area contributed by atoms with E-state index >= 15 is 0 Å². The fraction of sp³-hybridized carbons (Fsp3) is 0.500. The van der Waals surface area contributed by atoms with Crippen molar-refractivity contribution in [3.8, 4) is 0 Å². The number of hydrogen-bond acceptors (Lipinski definition) is 5. The summed E-state index contributed by atoms with van der Waals surface area (Å²) in [6, 6.07) is 10.1. The third kappa shape index (κ3) is 4.39. The number of nitrogens with one attached hydrogen (secondary N) is 1. The number of methoxy groups -OCH3 is 1. The first-order valence-electron chi connectivity index (χ1n) is 10.4. The minimum absolute atomic E-state index is 0.0387. The summed E-state index contributed by atoms with van der Waals surface area (Å²) in [6.07, 6.45) is 3.01. The molecule has 8 heteroatoms. The van der Waals surface area contributed by atoms with E-state index in [1.165, 1.54) is 0 Å². The van der Waals surface area contributed by atoms with Crippen LogP contribution in [0.5, 0.6) is 0 Å². The maximum atomic E-state index is 13.0. The standard InChI is InChI=1S/C22H28N4O4/c1-29-12-9-23-21(27)17-7-10-25(11-8-17)22(28)20-18-14-30-19(13-26(18)15-24-20)16-5-3-2-4-6-16/h2-6,15,17,19H,7-14H2,1H3,(H,23,27)/t19-/m0/s1. The van der Waals surface area contributed by atoms with Crippen molar-refractivity contribution in [1.29, 1.82) is 0 Å². The molecule has 0 unspecified atom stereocenters. The molecule has 1 fully saturated rings. The lowest BCUT2D eigenvalue weighted by Crippen LogP contribution is -2.44. The molecule has 8 nitrogen and oxygen atoms in total. The average molecular weight is 412 g/mol. The second-order valence-electron chi connectivity index (χ2n) is 7.75. The second kappa shape index (κ2) is 9.40. The van der Waals surface area contributed by atoms with E-state index in [1.807, 2.05) is 34.9 Å². The molecular formula is C22H28N4O4. The van der Waals surface area contributed by atoms with Crippen molar-refractivity contribution in [2.45, 2.75) is 32.1 Å². The zero-order valence-corrected chi connectivity index (χ0v) is 17.3. The van der Waals surface area contributed by atoms with Crippen LogP contribution in [0.3, 0.4) is 0 Å². The summed E-state index contributed by atoms with van der Waals surface area (Å²) >= 11 is 0. The van der Waals surface area contributed by atoms with Crippen LogP contribution in [-0.4, -0.2) is 59.6 Å². The Bertz CT molecular complexity index is 875.